The van der Waals surface area contributed by atoms with Crippen LogP contribution in [0.5, 0.6) is 0 Å². The first-order valence-electron chi connectivity index (χ1n) is 6.82. The number of rotatable bonds is 2. The van der Waals surface area contributed by atoms with E-state index in [-0.39, 0.29) is 11.6 Å². The second kappa shape index (κ2) is 4.94. The Balaban J connectivity index is 1.66. The highest BCUT2D eigenvalue weighted by Gasteiger charge is 2.39. The molecule has 0 saturated carbocycles. The molecule has 3 rings (SSSR count). The number of piperidine rings is 1. The molecule has 0 amide bonds. The first-order chi connectivity index (χ1) is 9.19. The molecule has 1 aromatic rings. The number of ether oxygens (including phenoxy) is 2. The maximum atomic E-state index is 11.3. The standard InChI is InChI=1S/C15H19NO3/c1-12(17)13-2-4-14(5-3-13)16-8-6-15(7-9-16)18-10-11-19-15/h2-5H,6-11H2,1H3. The van der Waals surface area contributed by atoms with Gasteiger partial charge in [-0.3, -0.25) is 4.79 Å². The SMILES string of the molecule is CC(=O)c1ccc(N2CCC3(CC2)OCCO3)cc1. The molecule has 19 heavy (non-hydrogen) atoms. The van der Waals surface area contributed by atoms with Gasteiger partial charge in [0.2, 0.25) is 0 Å². The number of nitrogens with zero attached hydrogens (tertiary/aromatic N) is 1. The largest absolute Gasteiger partial charge is 0.371 e. The predicted octanol–water partition coefficient (Wildman–Crippen LogP) is 2.23. The Morgan fingerprint density at radius 3 is 2.21 bits per heavy atom. The van der Waals surface area contributed by atoms with E-state index in [4.69, 9.17) is 9.47 Å². The Hall–Kier alpha value is -1.39. The third-order valence-corrected chi connectivity index (χ3v) is 3.98. The van der Waals surface area contributed by atoms with Crippen LogP contribution in [0.15, 0.2) is 24.3 Å². The fourth-order valence-corrected chi connectivity index (χ4v) is 2.80. The van der Waals surface area contributed by atoms with Crippen LogP contribution >= 0.6 is 0 Å². The highest BCUT2D eigenvalue weighted by Crippen LogP contribution is 2.33. The summed E-state index contributed by atoms with van der Waals surface area (Å²) in [6.45, 7) is 4.88. The molecule has 2 aliphatic rings. The highest BCUT2D eigenvalue weighted by atomic mass is 16.7. The van der Waals surface area contributed by atoms with Gasteiger partial charge >= 0.3 is 0 Å². The summed E-state index contributed by atoms with van der Waals surface area (Å²) in [6.07, 6.45) is 1.81. The lowest BCUT2D eigenvalue weighted by Crippen LogP contribution is -2.45. The van der Waals surface area contributed by atoms with Crippen molar-refractivity contribution in [3.05, 3.63) is 29.8 Å². The third kappa shape index (κ3) is 2.51. The number of ketones is 1. The van der Waals surface area contributed by atoms with Gasteiger partial charge in [0.1, 0.15) is 0 Å². The maximum Gasteiger partial charge on any atom is 0.171 e. The van der Waals surface area contributed by atoms with Crippen molar-refractivity contribution in [2.24, 2.45) is 0 Å². The van der Waals surface area contributed by atoms with Crippen LogP contribution in [0.25, 0.3) is 0 Å². The smallest absolute Gasteiger partial charge is 0.171 e. The average molecular weight is 261 g/mol. The molecule has 4 nitrogen and oxygen atoms in total. The van der Waals surface area contributed by atoms with E-state index in [1.165, 1.54) is 0 Å². The van der Waals surface area contributed by atoms with Crippen molar-refractivity contribution >= 4 is 11.5 Å². The molecule has 0 bridgehead atoms. The summed E-state index contributed by atoms with van der Waals surface area (Å²) in [5, 5.41) is 0. The van der Waals surface area contributed by atoms with Crippen molar-refractivity contribution in [1.29, 1.82) is 0 Å². The average Bonchev–Trinajstić information content (AvgIpc) is 2.88. The first-order valence-corrected chi connectivity index (χ1v) is 6.82. The lowest BCUT2D eigenvalue weighted by Gasteiger charge is -2.38. The molecule has 0 N–H and O–H groups in total. The molecule has 0 atom stereocenters. The minimum absolute atomic E-state index is 0.108. The summed E-state index contributed by atoms with van der Waals surface area (Å²) >= 11 is 0. The first kappa shape index (κ1) is 12.6. The molecule has 0 aromatic heterocycles. The van der Waals surface area contributed by atoms with E-state index in [0.717, 1.165) is 37.2 Å². The van der Waals surface area contributed by atoms with Crippen molar-refractivity contribution < 1.29 is 14.3 Å². The summed E-state index contributed by atoms with van der Waals surface area (Å²) in [4.78, 5) is 13.6. The van der Waals surface area contributed by atoms with Gasteiger partial charge in [0.05, 0.1) is 13.2 Å². The van der Waals surface area contributed by atoms with Crippen molar-refractivity contribution in [1.82, 2.24) is 0 Å². The van der Waals surface area contributed by atoms with E-state index in [1.807, 2.05) is 24.3 Å². The van der Waals surface area contributed by atoms with E-state index in [9.17, 15) is 4.79 Å². The van der Waals surface area contributed by atoms with Crippen molar-refractivity contribution in [2.75, 3.05) is 31.2 Å². The van der Waals surface area contributed by atoms with Crippen LogP contribution in [-0.4, -0.2) is 37.9 Å². The third-order valence-electron chi connectivity index (χ3n) is 3.98. The molecule has 1 aromatic carbocycles. The van der Waals surface area contributed by atoms with Crippen LogP contribution in [-0.2, 0) is 9.47 Å². The van der Waals surface area contributed by atoms with Gasteiger partial charge in [-0.15, -0.1) is 0 Å². The number of Topliss-reactive ketones (excluding diaryl/α,β-unsaturated/α-hetero) is 1. The van der Waals surface area contributed by atoms with Crippen LogP contribution in [0.3, 0.4) is 0 Å². The molecule has 0 radical (unpaired) electrons. The minimum Gasteiger partial charge on any atom is -0.371 e. The Bertz CT molecular complexity index is 453. The van der Waals surface area contributed by atoms with Crippen LogP contribution < -0.4 is 4.90 Å². The summed E-state index contributed by atoms with van der Waals surface area (Å²) < 4.78 is 11.4. The number of hydrogen-bond donors (Lipinski definition) is 0. The minimum atomic E-state index is -0.324. The Kier molecular flexibility index (Phi) is 3.29. The molecule has 2 aliphatic heterocycles. The van der Waals surface area contributed by atoms with Crippen molar-refractivity contribution in [3.8, 4) is 0 Å². The van der Waals surface area contributed by atoms with E-state index in [1.54, 1.807) is 6.92 Å². The van der Waals surface area contributed by atoms with Crippen molar-refractivity contribution in [2.45, 2.75) is 25.6 Å². The topological polar surface area (TPSA) is 38.8 Å². The van der Waals surface area contributed by atoms with Crippen LogP contribution in [0.4, 0.5) is 5.69 Å². The van der Waals surface area contributed by atoms with E-state index in [2.05, 4.69) is 4.90 Å². The summed E-state index contributed by atoms with van der Waals surface area (Å²) in [7, 11) is 0. The Morgan fingerprint density at radius 2 is 1.68 bits per heavy atom. The zero-order chi connectivity index (χ0) is 13.3. The molecule has 0 aliphatic carbocycles. The predicted molar refractivity (Wildman–Crippen MR) is 72.5 cm³/mol. The molecule has 1 spiro atoms. The highest BCUT2D eigenvalue weighted by molar-refractivity contribution is 5.94. The number of anilines is 1. The van der Waals surface area contributed by atoms with E-state index >= 15 is 0 Å². The van der Waals surface area contributed by atoms with Crippen LogP contribution in [0, 0.1) is 0 Å². The molecular weight excluding hydrogens is 242 g/mol. The Morgan fingerprint density at radius 1 is 1.11 bits per heavy atom. The lowest BCUT2D eigenvalue weighted by molar-refractivity contribution is -0.169. The van der Waals surface area contributed by atoms with Crippen LogP contribution in [0.2, 0.25) is 0 Å². The number of carbonyl (C=O) groups excluding carboxylic acids is 1. The van der Waals surface area contributed by atoms with Crippen molar-refractivity contribution in [3.63, 3.8) is 0 Å². The van der Waals surface area contributed by atoms with Gasteiger partial charge in [0.15, 0.2) is 11.6 Å². The molecule has 4 heteroatoms. The number of carbonyl (C=O) groups is 1. The summed E-state index contributed by atoms with van der Waals surface area (Å²) in [5.41, 5.74) is 1.93. The van der Waals surface area contributed by atoms with Gasteiger partial charge in [-0.05, 0) is 31.2 Å². The Labute approximate surface area is 113 Å². The lowest BCUT2D eigenvalue weighted by atomic mass is 10.0. The monoisotopic (exact) mass is 261 g/mol. The van der Waals surface area contributed by atoms with Gasteiger partial charge in [0.25, 0.3) is 0 Å². The molecule has 2 heterocycles. The number of benzene rings is 1. The molecular formula is C15H19NO3. The second-order valence-electron chi connectivity index (χ2n) is 5.20. The van der Waals surface area contributed by atoms with E-state index in [0.29, 0.717) is 13.2 Å². The fourth-order valence-electron chi connectivity index (χ4n) is 2.80. The van der Waals surface area contributed by atoms with Gasteiger partial charge in [0, 0.05) is 37.2 Å². The second-order valence-corrected chi connectivity index (χ2v) is 5.20. The van der Waals surface area contributed by atoms with Gasteiger partial charge in [-0.25, -0.2) is 0 Å². The molecule has 0 unspecified atom stereocenters. The molecule has 2 saturated heterocycles. The van der Waals surface area contributed by atoms with E-state index < -0.39 is 0 Å². The van der Waals surface area contributed by atoms with Gasteiger partial charge in [-0.1, -0.05) is 0 Å². The maximum absolute atomic E-state index is 11.3. The molecule has 2 fully saturated rings. The van der Waals surface area contributed by atoms with Gasteiger partial charge in [-0.2, -0.15) is 0 Å². The quantitative estimate of drug-likeness (QED) is 0.765. The fraction of sp³-hybridized carbons (Fsp3) is 0.533. The number of hydrogen-bond acceptors (Lipinski definition) is 4. The zero-order valence-electron chi connectivity index (χ0n) is 11.2. The van der Waals surface area contributed by atoms with Crippen LogP contribution in [0.1, 0.15) is 30.1 Å². The summed E-state index contributed by atoms with van der Waals surface area (Å²) in [6, 6.07) is 7.82. The molecule has 102 valence electrons. The van der Waals surface area contributed by atoms with Gasteiger partial charge < -0.3 is 14.4 Å². The normalized spacial score (nSPS) is 21.8. The zero-order valence-corrected chi connectivity index (χ0v) is 11.2. The summed E-state index contributed by atoms with van der Waals surface area (Å²) in [5.74, 6) is -0.215.